The fraction of sp³-hybridized carbons (Fsp3) is 0.850. The smallest absolute Gasteiger partial charge is 0.407 e. The zero-order chi connectivity index (χ0) is 20.6. The number of guanidine groups is 1. The lowest BCUT2D eigenvalue weighted by atomic mass is 9.85. The van der Waals surface area contributed by atoms with Gasteiger partial charge in [-0.2, -0.15) is 0 Å². The second kappa shape index (κ2) is 10.5. The number of hydrogen-bond acceptors (Lipinski definition) is 4. The van der Waals surface area contributed by atoms with Crippen LogP contribution in [-0.4, -0.2) is 67.2 Å². The van der Waals surface area contributed by atoms with E-state index in [0.717, 1.165) is 44.7 Å². The second-order valence-corrected chi connectivity index (χ2v) is 8.59. The van der Waals surface area contributed by atoms with Crippen molar-refractivity contribution in [2.45, 2.75) is 71.4 Å². The maximum atomic E-state index is 12.0. The molecule has 2 amide bonds. The van der Waals surface area contributed by atoms with Crippen LogP contribution in [0.15, 0.2) is 4.99 Å². The standard InChI is InChI=1S/C20H37N5O3/c1-5-21-18(23-12-7-11-22-17(26)15-8-6-9-15)25-13-10-16(14-25)24-19(27)28-20(2,3)4/h15-16H,5-14H2,1-4H3,(H,21,23)(H,22,26)(H,24,27)/t16-/m1/s1. The Morgan fingerprint density at radius 1 is 1.18 bits per heavy atom. The molecule has 0 unspecified atom stereocenters. The number of nitrogens with zero attached hydrogens (tertiary/aromatic N) is 2. The molecule has 1 saturated heterocycles. The zero-order valence-corrected chi connectivity index (χ0v) is 17.8. The van der Waals surface area contributed by atoms with E-state index >= 15 is 0 Å². The second-order valence-electron chi connectivity index (χ2n) is 8.59. The predicted molar refractivity (Wildman–Crippen MR) is 110 cm³/mol. The number of likely N-dealkylation sites (tertiary alicyclic amines) is 1. The Hall–Kier alpha value is -1.99. The van der Waals surface area contributed by atoms with Crippen LogP contribution in [0.1, 0.15) is 59.8 Å². The van der Waals surface area contributed by atoms with Gasteiger partial charge in [-0.1, -0.05) is 6.42 Å². The number of hydrogen-bond donors (Lipinski definition) is 3. The fourth-order valence-corrected chi connectivity index (χ4v) is 3.26. The van der Waals surface area contributed by atoms with Gasteiger partial charge < -0.3 is 25.6 Å². The van der Waals surface area contributed by atoms with Crippen LogP contribution in [0, 0.1) is 5.92 Å². The summed E-state index contributed by atoms with van der Waals surface area (Å²) in [6.07, 6.45) is 4.54. The van der Waals surface area contributed by atoms with Gasteiger partial charge in [-0.25, -0.2) is 4.79 Å². The van der Waals surface area contributed by atoms with Crippen molar-refractivity contribution < 1.29 is 14.3 Å². The third kappa shape index (κ3) is 7.56. The van der Waals surface area contributed by atoms with E-state index in [9.17, 15) is 9.59 Å². The van der Waals surface area contributed by atoms with Gasteiger partial charge in [-0.15, -0.1) is 0 Å². The molecular formula is C20H37N5O3. The van der Waals surface area contributed by atoms with E-state index < -0.39 is 5.60 Å². The molecule has 28 heavy (non-hydrogen) atoms. The van der Waals surface area contributed by atoms with Crippen molar-refractivity contribution in [3.05, 3.63) is 0 Å². The summed E-state index contributed by atoms with van der Waals surface area (Å²) in [6, 6.07) is 0.0560. The van der Waals surface area contributed by atoms with Crippen molar-refractivity contribution in [1.29, 1.82) is 0 Å². The van der Waals surface area contributed by atoms with Gasteiger partial charge >= 0.3 is 6.09 Å². The van der Waals surface area contributed by atoms with E-state index in [1.165, 1.54) is 6.42 Å². The highest BCUT2D eigenvalue weighted by Crippen LogP contribution is 2.26. The zero-order valence-electron chi connectivity index (χ0n) is 17.8. The normalized spacial score (nSPS) is 20.5. The lowest BCUT2D eigenvalue weighted by molar-refractivity contribution is -0.127. The van der Waals surface area contributed by atoms with E-state index in [1.54, 1.807) is 0 Å². The van der Waals surface area contributed by atoms with Gasteiger partial charge in [0.2, 0.25) is 5.91 Å². The first-order valence-electron chi connectivity index (χ1n) is 10.6. The van der Waals surface area contributed by atoms with Gasteiger partial charge in [0.25, 0.3) is 0 Å². The Kier molecular flexibility index (Phi) is 8.38. The van der Waals surface area contributed by atoms with E-state index in [-0.39, 0.29) is 24.0 Å². The lowest BCUT2D eigenvalue weighted by Gasteiger charge is -2.24. The molecule has 0 radical (unpaired) electrons. The van der Waals surface area contributed by atoms with Crippen LogP contribution in [0.3, 0.4) is 0 Å². The van der Waals surface area contributed by atoms with Crippen LogP contribution in [-0.2, 0) is 9.53 Å². The third-order valence-electron chi connectivity index (χ3n) is 4.92. The summed E-state index contributed by atoms with van der Waals surface area (Å²) < 4.78 is 5.33. The molecule has 3 N–H and O–H groups in total. The van der Waals surface area contributed by atoms with Crippen molar-refractivity contribution in [3.8, 4) is 0 Å². The Morgan fingerprint density at radius 3 is 2.54 bits per heavy atom. The summed E-state index contributed by atoms with van der Waals surface area (Å²) in [6.45, 7) is 11.3. The molecule has 1 aliphatic carbocycles. The summed E-state index contributed by atoms with van der Waals surface area (Å²) in [5.41, 5.74) is -0.493. The number of amides is 2. The number of alkyl carbamates (subject to hydrolysis) is 1. The minimum Gasteiger partial charge on any atom is -0.444 e. The summed E-state index contributed by atoms with van der Waals surface area (Å²) >= 11 is 0. The van der Waals surface area contributed by atoms with Gasteiger partial charge in [0.15, 0.2) is 5.96 Å². The van der Waals surface area contributed by atoms with Crippen LogP contribution in [0.25, 0.3) is 0 Å². The molecule has 1 aliphatic heterocycles. The average Bonchev–Trinajstić information content (AvgIpc) is 2.98. The molecule has 160 valence electrons. The first kappa shape index (κ1) is 22.3. The molecule has 0 aromatic heterocycles. The van der Waals surface area contributed by atoms with Crippen molar-refractivity contribution in [1.82, 2.24) is 20.9 Å². The maximum Gasteiger partial charge on any atom is 0.407 e. The van der Waals surface area contributed by atoms with E-state index in [1.807, 2.05) is 27.7 Å². The summed E-state index contributed by atoms with van der Waals surface area (Å²) in [5.74, 6) is 1.29. The van der Waals surface area contributed by atoms with Crippen molar-refractivity contribution in [3.63, 3.8) is 0 Å². The molecular weight excluding hydrogens is 358 g/mol. The minimum absolute atomic E-state index is 0.0560. The molecule has 1 atom stereocenters. The molecule has 2 rings (SSSR count). The number of nitrogens with one attached hydrogen (secondary N) is 3. The predicted octanol–water partition coefficient (Wildman–Crippen LogP) is 1.86. The highest BCUT2D eigenvalue weighted by Gasteiger charge is 2.28. The van der Waals surface area contributed by atoms with E-state index in [2.05, 4.69) is 25.8 Å². The van der Waals surface area contributed by atoms with Gasteiger partial charge in [0, 0.05) is 38.6 Å². The summed E-state index contributed by atoms with van der Waals surface area (Å²) in [7, 11) is 0. The Labute approximate surface area is 168 Å². The van der Waals surface area contributed by atoms with Crippen LogP contribution < -0.4 is 16.0 Å². The number of aliphatic imine (C=N–C) groups is 1. The summed E-state index contributed by atoms with van der Waals surface area (Å²) in [5, 5.41) is 9.26. The molecule has 8 heteroatoms. The van der Waals surface area contributed by atoms with Crippen LogP contribution in [0.2, 0.25) is 0 Å². The third-order valence-corrected chi connectivity index (χ3v) is 4.92. The van der Waals surface area contributed by atoms with Crippen LogP contribution in [0.5, 0.6) is 0 Å². The van der Waals surface area contributed by atoms with E-state index in [0.29, 0.717) is 19.6 Å². The van der Waals surface area contributed by atoms with Crippen LogP contribution in [0.4, 0.5) is 4.79 Å². The summed E-state index contributed by atoms with van der Waals surface area (Å²) in [4.78, 5) is 30.6. The highest BCUT2D eigenvalue weighted by atomic mass is 16.6. The monoisotopic (exact) mass is 395 g/mol. The molecule has 8 nitrogen and oxygen atoms in total. The molecule has 0 aromatic rings. The SMILES string of the molecule is CCNC(=NCCCNC(=O)C1CCC1)N1CC[C@@H](NC(=O)OC(C)(C)C)C1. The average molecular weight is 396 g/mol. The fourth-order valence-electron chi connectivity index (χ4n) is 3.26. The Bertz CT molecular complexity index is 555. The van der Waals surface area contributed by atoms with Gasteiger partial charge in [0.05, 0.1) is 6.04 Å². The van der Waals surface area contributed by atoms with Crippen LogP contribution >= 0.6 is 0 Å². The van der Waals surface area contributed by atoms with Gasteiger partial charge in [-0.3, -0.25) is 9.79 Å². The number of carbonyl (C=O) groups is 2. The Balaban J connectivity index is 1.72. The molecule has 2 fully saturated rings. The number of carbonyl (C=O) groups excluding carboxylic acids is 2. The van der Waals surface area contributed by atoms with Gasteiger partial charge in [0.1, 0.15) is 5.60 Å². The lowest BCUT2D eigenvalue weighted by Crippen LogP contribution is -2.44. The minimum atomic E-state index is -0.493. The maximum absolute atomic E-state index is 12.0. The molecule has 0 aromatic carbocycles. The molecule has 1 heterocycles. The largest absolute Gasteiger partial charge is 0.444 e. The quantitative estimate of drug-likeness (QED) is 0.347. The van der Waals surface area contributed by atoms with Crippen molar-refractivity contribution in [2.24, 2.45) is 10.9 Å². The molecule has 0 bridgehead atoms. The molecule has 0 spiro atoms. The molecule has 1 saturated carbocycles. The van der Waals surface area contributed by atoms with E-state index in [4.69, 9.17) is 4.74 Å². The molecule has 2 aliphatic rings. The first-order valence-corrected chi connectivity index (χ1v) is 10.6. The highest BCUT2D eigenvalue weighted by molar-refractivity contribution is 5.80. The topological polar surface area (TPSA) is 95.1 Å². The van der Waals surface area contributed by atoms with Gasteiger partial charge in [-0.05, 0) is 53.4 Å². The number of ether oxygens (including phenoxy) is 1. The number of rotatable bonds is 7. The van der Waals surface area contributed by atoms with Crippen molar-refractivity contribution in [2.75, 3.05) is 32.7 Å². The first-order chi connectivity index (χ1) is 13.3. The Morgan fingerprint density at radius 2 is 1.93 bits per heavy atom. The van der Waals surface area contributed by atoms with Crippen molar-refractivity contribution >= 4 is 18.0 Å².